The van der Waals surface area contributed by atoms with Gasteiger partial charge in [0.15, 0.2) is 0 Å². The molecule has 1 N–H and O–H groups in total. The Kier molecular flexibility index (Phi) is 3.31. The van der Waals surface area contributed by atoms with Crippen LogP contribution in [0.25, 0.3) is 0 Å². The number of nitrogens with one attached hydrogen (secondary N) is 1. The minimum absolute atomic E-state index is 0.623. The normalized spacial score (nSPS) is 36.3. The van der Waals surface area contributed by atoms with Crippen molar-refractivity contribution in [1.29, 1.82) is 0 Å². The minimum Gasteiger partial charge on any atom is -0.311 e. The Morgan fingerprint density at radius 3 is 2.75 bits per heavy atom. The van der Waals surface area contributed by atoms with Crippen LogP contribution in [0.4, 0.5) is 0 Å². The molecule has 3 aliphatic carbocycles. The molecular formula is C18H24ClN. The summed E-state index contributed by atoms with van der Waals surface area (Å²) in [6.07, 6.45) is 8.31. The summed E-state index contributed by atoms with van der Waals surface area (Å²) < 4.78 is 0. The van der Waals surface area contributed by atoms with Crippen molar-refractivity contribution in [2.45, 2.75) is 57.5 Å². The highest BCUT2D eigenvalue weighted by Crippen LogP contribution is 2.49. The van der Waals surface area contributed by atoms with Crippen molar-refractivity contribution in [3.63, 3.8) is 0 Å². The Morgan fingerprint density at radius 2 is 2.00 bits per heavy atom. The van der Waals surface area contributed by atoms with Crippen molar-refractivity contribution in [3.8, 4) is 0 Å². The van der Waals surface area contributed by atoms with Gasteiger partial charge in [-0.1, -0.05) is 24.1 Å². The van der Waals surface area contributed by atoms with Crippen LogP contribution in [0.5, 0.6) is 0 Å². The topological polar surface area (TPSA) is 12.0 Å². The van der Waals surface area contributed by atoms with Gasteiger partial charge in [-0.15, -0.1) is 0 Å². The zero-order valence-electron chi connectivity index (χ0n) is 12.2. The second-order valence-corrected chi connectivity index (χ2v) is 7.75. The van der Waals surface area contributed by atoms with E-state index >= 15 is 0 Å². The van der Waals surface area contributed by atoms with Gasteiger partial charge >= 0.3 is 0 Å². The molecule has 2 heteroatoms. The summed E-state index contributed by atoms with van der Waals surface area (Å²) in [7, 11) is 0. The quantitative estimate of drug-likeness (QED) is 0.878. The standard InChI is InChI=1S/C18H24ClN/c1-11(18-7-12-2-3-14(18)6-12)20-17-9-13-4-5-16(19)8-15(13)10-17/h4-5,8,11-12,14,17-18,20H,2-3,6-7,9-10H2,1H3. The molecule has 0 radical (unpaired) electrons. The number of halogens is 1. The summed E-state index contributed by atoms with van der Waals surface area (Å²) in [5.41, 5.74) is 2.95. The van der Waals surface area contributed by atoms with Gasteiger partial charge < -0.3 is 5.32 Å². The zero-order chi connectivity index (χ0) is 13.7. The Balaban J connectivity index is 1.39. The second kappa shape index (κ2) is 5.03. The van der Waals surface area contributed by atoms with Gasteiger partial charge in [-0.05, 0) is 80.0 Å². The van der Waals surface area contributed by atoms with Gasteiger partial charge in [0.1, 0.15) is 0 Å². The zero-order valence-corrected chi connectivity index (χ0v) is 13.0. The van der Waals surface area contributed by atoms with E-state index in [1.165, 1.54) is 43.2 Å². The monoisotopic (exact) mass is 289 g/mol. The predicted octanol–water partition coefficient (Wildman–Crippen LogP) is 4.22. The summed E-state index contributed by atoms with van der Waals surface area (Å²) in [6.45, 7) is 2.42. The van der Waals surface area contributed by atoms with Crippen LogP contribution >= 0.6 is 11.6 Å². The third kappa shape index (κ3) is 2.29. The van der Waals surface area contributed by atoms with Gasteiger partial charge in [0.25, 0.3) is 0 Å². The highest BCUT2D eigenvalue weighted by atomic mass is 35.5. The third-order valence-corrected chi connectivity index (χ3v) is 6.27. The molecule has 4 rings (SSSR count). The smallest absolute Gasteiger partial charge is 0.0408 e. The molecule has 3 aliphatic rings. The molecule has 0 aliphatic heterocycles. The van der Waals surface area contributed by atoms with Gasteiger partial charge in [0, 0.05) is 17.1 Å². The van der Waals surface area contributed by atoms with Crippen LogP contribution in [0.1, 0.15) is 43.7 Å². The lowest BCUT2D eigenvalue weighted by molar-refractivity contribution is 0.246. The van der Waals surface area contributed by atoms with Crippen LogP contribution in [0.2, 0.25) is 5.02 Å². The Hall–Kier alpha value is -0.530. The van der Waals surface area contributed by atoms with E-state index < -0.39 is 0 Å². The third-order valence-electron chi connectivity index (χ3n) is 6.03. The molecule has 1 aromatic carbocycles. The molecule has 108 valence electrons. The van der Waals surface area contributed by atoms with Crippen LogP contribution in [0.3, 0.4) is 0 Å². The molecule has 0 aromatic heterocycles. The molecule has 5 atom stereocenters. The number of hydrogen-bond donors (Lipinski definition) is 1. The summed E-state index contributed by atoms with van der Waals surface area (Å²) in [6, 6.07) is 7.70. The molecule has 2 bridgehead atoms. The molecule has 1 nitrogen and oxygen atoms in total. The van der Waals surface area contributed by atoms with E-state index in [4.69, 9.17) is 11.6 Å². The van der Waals surface area contributed by atoms with Crippen LogP contribution < -0.4 is 5.32 Å². The van der Waals surface area contributed by atoms with Crippen molar-refractivity contribution in [2.75, 3.05) is 0 Å². The molecule has 20 heavy (non-hydrogen) atoms. The van der Waals surface area contributed by atoms with Crippen molar-refractivity contribution in [2.24, 2.45) is 17.8 Å². The van der Waals surface area contributed by atoms with Crippen molar-refractivity contribution in [3.05, 3.63) is 34.3 Å². The van der Waals surface area contributed by atoms with Crippen molar-refractivity contribution >= 4 is 11.6 Å². The highest BCUT2D eigenvalue weighted by Gasteiger charge is 2.42. The second-order valence-electron chi connectivity index (χ2n) is 7.31. The lowest BCUT2D eigenvalue weighted by Crippen LogP contribution is -2.43. The molecular weight excluding hydrogens is 266 g/mol. The first-order valence-electron chi connectivity index (χ1n) is 8.22. The van der Waals surface area contributed by atoms with Gasteiger partial charge in [0.2, 0.25) is 0 Å². The molecule has 0 spiro atoms. The maximum absolute atomic E-state index is 6.10. The van der Waals surface area contributed by atoms with Crippen LogP contribution in [0.15, 0.2) is 18.2 Å². The predicted molar refractivity (Wildman–Crippen MR) is 84.2 cm³/mol. The maximum atomic E-state index is 6.10. The first-order valence-corrected chi connectivity index (χ1v) is 8.60. The van der Waals surface area contributed by atoms with E-state index in [1.54, 1.807) is 0 Å². The van der Waals surface area contributed by atoms with Crippen LogP contribution in [-0.2, 0) is 12.8 Å². The maximum Gasteiger partial charge on any atom is 0.0408 e. The Bertz CT molecular complexity index is 512. The first-order chi connectivity index (χ1) is 9.69. The van der Waals surface area contributed by atoms with Gasteiger partial charge in [-0.3, -0.25) is 0 Å². The fraction of sp³-hybridized carbons (Fsp3) is 0.667. The largest absolute Gasteiger partial charge is 0.311 e. The van der Waals surface area contributed by atoms with Crippen molar-refractivity contribution in [1.82, 2.24) is 5.32 Å². The number of benzene rings is 1. The lowest BCUT2D eigenvalue weighted by Gasteiger charge is -2.30. The fourth-order valence-electron chi connectivity index (χ4n) is 5.11. The average molecular weight is 290 g/mol. The summed E-state index contributed by atoms with van der Waals surface area (Å²) in [4.78, 5) is 0. The number of fused-ring (bicyclic) bond motifs is 3. The van der Waals surface area contributed by atoms with E-state index in [9.17, 15) is 0 Å². The van der Waals surface area contributed by atoms with Gasteiger partial charge in [-0.25, -0.2) is 0 Å². The van der Waals surface area contributed by atoms with E-state index in [-0.39, 0.29) is 0 Å². The molecule has 2 fully saturated rings. The molecule has 1 aromatic rings. The summed E-state index contributed by atoms with van der Waals surface area (Å²) >= 11 is 6.10. The Labute approximate surface area is 127 Å². The van der Waals surface area contributed by atoms with E-state index in [0.29, 0.717) is 12.1 Å². The van der Waals surface area contributed by atoms with E-state index in [0.717, 1.165) is 29.2 Å². The summed E-state index contributed by atoms with van der Waals surface area (Å²) in [5.74, 6) is 3.00. The molecule has 0 amide bonds. The van der Waals surface area contributed by atoms with Crippen molar-refractivity contribution < 1.29 is 0 Å². The Morgan fingerprint density at radius 1 is 1.15 bits per heavy atom. The number of rotatable bonds is 3. The highest BCUT2D eigenvalue weighted by molar-refractivity contribution is 6.30. The van der Waals surface area contributed by atoms with Crippen LogP contribution in [0, 0.1) is 17.8 Å². The molecule has 2 saturated carbocycles. The minimum atomic E-state index is 0.623. The lowest BCUT2D eigenvalue weighted by atomic mass is 9.83. The van der Waals surface area contributed by atoms with Gasteiger partial charge in [-0.2, -0.15) is 0 Å². The molecule has 0 heterocycles. The van der Waals surface area contributed by atoms with E-state index in [2.05, 4.69) is 24.4 Å². The average Bonchev–Trinajstić information content (AvgIpc) is 3.11. The molecule has 5 unspecified atom stereocenters. The fourth-order valence-corrected chi connectivity index (χ4v) is 5.30. The van der Waals surface area contributed by atoms with E-state index in [1.807, 2.05) is 6.07 Å². The number of hydrogen-bond acceptors (Lipinski definition) is 1. The first kappa shape index (κ1) is 13.2. The van der Waals surface area contributed by atoms with Crippen LogP contribution in [-0.4, -0.2) is 12.1 Å². The summed E-state index contributed by atoms with van der Waals surface area (Å²) in [5, 5.41) is 4.81. The van der Waals surface area contributed by atoms with Gasteiger partial charge in [0.05, 0.1) is 0 Å². The SMILES string of the molecule is CC(NC1Cc2ccc(Cl)cc2C1)C1CC2CCC1C2. The molecule has 0 saturated heterocycles.